The van der Waals surface area contributed by atoms with E-state index in [9.17, 15) is 14.7 Å². The van der Waals surface area contributed by atoms with E-state index in [-0.39, 0.29) is 12.3 Å². The Balaban J connectivity index is 1.39. The number of rotatable bonds is 7. The molecule has 0 saturated carbocycles. The van der Waals surface area contributed by atoms with Crippen LogP contribution in [0.3, 0.4) is 0 Å². The summed E-state index contributed by atoms with van der Waals surface area (Å²) in [4.78, 5) is 39.6. The van der Waals surface area contributed by atoms with Gasteiger partial charge in [-0.3, -0.25) is 9.59 Å². The molecule has 5 rings (SSSR count). The Morgan fingerprint density at radius 2 is 2.06 bits per heavy atom. The van der Waals surface area contributed by atoms with Crippen LogP contribution in [0.4, 0.5) is 0 Å². The van der Waals surface area contributed by atoms with Crippen molar-refractivity contribution in [3.8, 4) is 5.88 Å². The molecule has 9 nitrogen and oxygen atoms in total. The Bertz CT molecular complexity index is 1430. The number of amides is 1. The van der Waals surface area contributed by atoms with Crippen LogP contribution in [0, 0.1) is 0 Å². The van der Waals surface area contributed by atoms with Gasteiger partial charge in [-0.2, -0.15) is 0 Å². The van der Waals surface area contributed by atoms with Crippen molar-refractivity contribution < 1.29 is 19.4 Å². The zero-order valence-corrected chi connectivity index (χ0v) is 19.0. The highest BCUT2D eigenvalue weighted by molar-refractivity contribution is 5.95. The van der Waals surface area contributed by atoms with Crippen LogP contribution in [0.2, 0.25) is 0 Å². The van der Waals surface area contributed by atoms with Crippen LogP contribution in [-0.2, 0) is 11.3 Å². The molecule has 1 atom stereocenters. The molecule has 1 aliphatic heterocycles. The number of aromatic nitrogens is 4. The lowest BCUT2D eigenvalue weighted by Gasteiger charge is -2.34. The van der Waals surface area contributed by atoms with Crippen molar-refractivity contribution in [2.24, 2.45) is 0 Å². The molecule has 0 bridgehead atoms. The number of nitrogens with zero attached hydrogens (tertiary/aromatic N) is 5. The molecule has 1 amide bonds. The fourth-order valence-corrected chi connectivity index (χ4v) is 4.27. The first-order valence-electron chi connectivity index (χ1n) is 11.1. The average Bonchev–Trinajstić information content (AvgIpc) is 3.30. The molecular weight excluding hydrogens is 446 g/mol. The monoisotopic (exact) mass is 469 g/mol. The highest BCUT2D eigenvalue weighted by Crippen LogP contribution is 2.30. The molecule has 0 aromatic carbocycles. The van der Waals surface area contributed by atoms with Gasteiger partial charge >= 0.3 is 5.97 Å². The third kappa shape index (κ3) is 4.61. The Hall–Kier alpha value is -4.53. The topological polar surface area (TPSA) is 110 Å². The SMILES string of the molecule is COc1ccc(C(CC(=O)O)N2CCn3cc(C=Cc4ccc5cccnc5n4)cc3C2=O)cn1. The first kappa shape index (κ1) is 22.3. The third-order valence-corrected chi connectivity index (χ3v) is 6.01. The summed E-state index contributed by atoms with van der Waals surface area (Å²) < 4.78 is 7.00. The van der Waals surface area contributed by atoms with Gasteiger partial charge in [0.2, 0.25) is 5.88 Å². The average molecular weight is 470 g/mol. The van der Waals surface area contributed by atoms with Crippen LogP contribution in [0.5, 0.6) is 5.88 Å². The molecule has 176 valence electrons. The highest BCUT2D eigenvalue weighted by atomic mass is 16.5. The largest absolute Gasteiger partial charge is 0.481 e. The van der Waals surface area contributed by atoms with E-state index in [2.05, 4.69) is 15.0 Å². The number of ether oxygens (including phenoxy) is 1. The maximum Gasteiger partial charge on any atom is 0.305 e. The van der Waals surface area contributed by atoms with Crippen molar-refractivity contribution in [1.82, 2.24) is 24.4 Å². The molecule has 1 aliphatic rings. The number of carboxylic acid groups (broad SMARTS) is 1. The Labute approximate surface area is 201 Å². The van der Waals surface area contributed by atoms with Gasteiger partial charge in [-0.05, 0) is 47.5 Å². The minimum absolute atomic E-state index is 0.213. The summed E-state index contributed by atoms with van der Waals surface area (Å²) in [7, 11) is 1.51. The van der Waals surface area contributed by atoms with Crippen molar-refractivity contribution in [3.05, 3.63) is 83.6 Å². The lowest BCUT2D eigenvalue weighted by atomic mass is 10.0. The molecule has 5 heterocycles. The van der Waals surface area contributed by atoms with Crippen molar-refractivity contribution in [3.63, 3.8) is 0 Å². The Kier molecular flexibility index (Phi) is 5.97. The van der Waals surface area contributed by atoms with E-state index in [0.29, 0.717) is 35.9 Å². The van der Waals surface area contributed by atoms with Gasteiger partial charge in [-0.15, -0.1) is 0 Å². The second-order valence-corrected chi connectivity index (χ2v) is 8.22. The quantitative estimate of drug-likeness (QED) is 0.440. The number of carboxylic acids is 1. The lowest BCUT2D eigenvalue weighted by Crippen LogP contribution is -2.43. The molecule has 0 radical (unpaired) electrons. The zero-order valence-electron chi connectivity index (χ0n) is 19.0. The zero-order chi connectivity index (χ0) is 24.4. The molecule has 0 saturated heterocycles. The number of carbonyl (C=O) groups is 2. The van der Waals surface area contributed by atoms with Gasteiger partial charge in [0, 0.05) is 43.1 Å². The predicted molar refractivity (Wildman–Crippen MR) is 130 cm³/mol. The molecule has 0 fully saturated rings. The van der Waals surface area contributed by atoms with E-state index in [4.69, 9.17) is 4.74 Å². The predicted octanol–water partition coefficient (Wildman–Crippen LogP) is 3.68. The fraction of sp³-hybridized carbons (Fsp3) is 0.192. The van der Waals surface area contributed by atoms with Gasteiger partial charge in [0.25, 0.3) is 5.91 Å². The number of pyridine rings is 3. The number of hydrogen-bond donors (Lipinski definition) is 1. The van der Waals surface area contributed by atoms with Crippen molar-refractivity contribution >= 4 is 35.1 Å². The van der Waals surface area contributed by atoms with Crippen LogP contribution in [0.1, 0.15) is 39.8 Å². The summed E-state index contributed by atoms with van der Waals surface area (Å²) in [6.45, 7) is 0.957. The Morgan fingerprint density at radius 1 is 1.17 bits per heavy atom. The molecule has 4 aromatic rings. The smallest absolute Gasteiger partial charge is 0.305 e. The summed E-state index contributed by atoms with van der Waals surface area (Å²) in [5.74, 6) is -0.777. The van der Waals surface area contributed by atoms with E-state index in [1.807, 2.05) is 53.2 Å². The fourth-order valence-electron chi connectivity index (χ4n) is 4.27. The van der Waals surface area contributed by atoms with Crippen LogP contribution < -0.4 is 4.74 Å². The van der Waals surface area contributed by atoms with Crippen LogP contribution in [-0.4, -0.2) is 55.1 Å². The summed E-state index contributed by atoms with van der Waals surface area (Å²) in [6, 6.07) is 12.3. The van der Waals surface area contributed by atoms with Gasteiger partial charge in [0.05, 0.1) is 25.3 Å². The molecule has 9 heteroatoms. The number of methoxy groups -OCH3 is 1. The van der Waals surface area contributed by atoms with Crippen molar-refractivity contribution in [2.75, 3.05) is 13.7 Å². The second kappa shape index (κ2) is 9.38. The normalized spacial score (nSPS) is 14.3. The van der Waals surface area contributed by atoms with Gasteiger partial charge in [-0.25, -0.2) is 15.0 Å². The van der Waals surface area contributed by atoms with Crippen LogP contribution >= 0.6 is 0 Å². The van der Waals surface area contributed by atoms with E-state index >= 15 is 0 Å². The summed E-state index contributed by atoms with van der Waals surface area (Å²) >= 11 is 0. The Morgan fingerprint density at radius 3 is 2.83 bits per heavy atom. The molecule has 0 aliphatic carbocycles. The van der Waals surface area contributed by atoms with Crippen LogP contribution in [0.15, 0.2) is 61.1 Å². The number of carbonyl (C=O) groups excluding carboxylic acids is 1. The summed E-state index contributed by atoms with van der Waals surface area (Å²) in [6.07, 6.45) is 8.77. The maximum absolute atomic E-state index is 13.4. The molecule has 35 heavy (non-hydrogen) atoms. The minimum atomic E-state index is -0.986. The first-order chi connectivity index (χ1) is 17.0. The maximum atomic E-state index is 13.4. The number of fused-ring (bicyclic) bond motifs is 2. The standard InChI is InChI=1S/C26H23N5O4/c1-35-23-9-6-19(15-28-23)21(14-24(32)33)31-12-11-30-16-17(13-22(30)26(31)34)4-7-20-8-5-18-3-2-10-27-25(18)29-20/h2-10,13,15-16,21H,11-12,14H2,1H3,(H,32,33). The second-order valence-electron chi connectivity index (χ2n) is 8.22. The summed E-state index contributed by atoms with van der Waals surface area (Å²) in [5.41, 5.74) is 3.47. The van der Waals surface area contributed by atoms with Gasteiger partial charge in [0.15, 0.2) is 5.65 Å². The molecule has 4 aromatic heterocycles. The van der Waals surface area contributed by atoms with E-state index in [0.717, 1.165) is 16.6 Å². The summed E-state index contributed by atoms with van der Waals surface area (Å²) in [5, 5.41) is 10.5. The minimum Gasteiger partial charge on any atom is -0.481 e. The molecule has 0 spiro atoms. The lowest BCUT2D eigenvalue weighted by molar-refractivity contribution is -0.138. The van der Waals surface area contributed by atoms with E-state index in [1.54, 1.807) is 29.4 Å². The first-order valence-corrected chi connectivity index (χ1v) is 11.1. The van der Waals surface area contributed by atoms with E-state index in [1.165, 1.54) is 7.11 Å². The highest BCUT2D eigenvalue weighted by Gasteiger charge is 2.33. The third-order valence-electron chi connectivity index (χ3n) is 6.01. The number of hydrogen-bond acceptors (Lipinski definition) is 6. The van der Waals surface area contributed by atoms with Crippen molar-refractivity contribution in [1.29, 1.82) is 0 Å². The molecule has 1 N–H and O–H groups in total. The molecular formula is C26H23N5O4. The van der Waals surface area contributed by atoms with Crippen LogP contribution in [0.25, 0.3) is 23.2 Å². The van der Waals surface area contributed by atoms with Gasteiger partial charge in [-0.1, -0.05) is 12.1 Å². The molecule has 1 unspecified atom stereocenters. The van der Waals surface area contributed by atoms with Gasteiger partial charge < -0.3 is 19.3 Å². The van der Waals surface area contributed by atoms with Gasteiger partial charge in [0.1, 0.15) is 5.69 Å². The van der Waals surface area contributed by atoms with E-state index < -0.39 is 12.0 Å². The van der Waals surface area contributed by atoms with Crippen molar-refractivity contribution in [2.45, 2.75) is 19.0 Å². The number of aliphatic carboxylic acids is 1.